The minimum Gasteiger partial charge on any atom is -0.368 e. The lowest BCUT2D eigenvalue weighted by atomic mass is 9.99. The second-order valence-electron chi connectivity index (χ2n) is 4.28. The smallest absolute Gasteiger partial charge is 0.185 e. The van der Waals surface area contributed by atoms with Crippen LogP contribution in [0.3, 0.4) is 0 Å². The van der Waals surface area contributed by atoms with E-state index in [1.807, 2.05) is 17.0 Å². The molecule has 1 fully saturated rings. The van der Waals surface area contributed by atoms with E-state index < -0.39 is 5.60 Å². The number of hydrogen-bond donors (Lipinski definition) is 0. The highest BCUT2D eigenvalue weighted by molar-refractivity contribution is 6.30. The summed E-state index contributed by atoms with van der Waals surface area (Å²) in [5, 5.41) is 0.646. The zero-order valence-corrected chi connectivity index (χ0v) is 10.2. The summed E-state index contributed by atoms with van der Waals surface area (Å²) in [5.41, 5.74) is -0.394. The van der Waals surface area contributed by atoms with Gasteiger partial charge in [0.05, 0.1) is 6.54 Å². The van der Waals surface area contributed by atoms with Gasteiger partial charge in [-0.25, -0.2) is 0 Å². The summed E-state index contributed by atoms with van der Waals surface area (Å²) in [6.07, 6.45) is 0.363. The lowest BCUT2D eigenvalue weighted by molar-refractivity contribution is -0.222. The van der Waals surface area contributed by atoms with E-state index in [0.717, 1.165) is 5.69 Å². The Labute approximate surface area is 104 Å². The first kappa shape index (κ1) is 12.3. The van der Waals surface area contributed by atoms with Crippen LogP contribution in [0, 0.1) is 0 Å². The molecule has 1 atom stereocenters. The SMILES string of the molecule is CC(=O)C1(OF)CCN(c2ccc(Cl)cc2)C1. The zero-order valence-electron chi connectivity index (χ0n) is 9.45. The summed E-state index contributed by atoms with van der Waals surface area (Å²) in [4.78, 5) is 17.2. The van der Waals surface area contributed by atoms with Gasteiger partial charge >= 0.3 is 0 Å². The molecule has 0 aromatic heterocycles. The van der Waals surface area contributed by atoms with E-state index >= 15 is 0 Å². The average Bonchev–Trinajstić information content (AvgIpc) is 2.75. The summed E-state index contributed by atoms with van der Waals surface area (Å²) in [6, 6.07) is 7.22. The highest BCUT2D eigenvalue weighted by Crippen LogP contribution is 2.31. The van der Waals surface area contributed by atoms with Crippen molar-refractivity contribution in [2.45, 2.75) is 18.9 Å². The molecule has 92 valence electrons. The molecule has 1 aliphatic heterocycles. The van der Waals surface area contributed by atoms with Crippen LogP contribution in [-0.4, -0.2) is 24.5 Å². The Kier molecular flexibility index (Phi) is 3.35. The number of benzene rings is 1. The second-order valence-corrected chi connectivity index (χ2v) is 4.71. The maximum Gasteiger partial charge on any atom is 0.185 e. The van der Waals surface area contributed by atoms with Crippen molar-refractivity contribution < 1.29 is 14.3 Å². The van der Waals surface area contributed by atoms with Gasteiger partial charge in [0.15, 0.2) is 11.4 Å². The lowest BCUT2D eigenvalue weighted by Crippen LogP contribution is -2.41. The van der Waals surface area contributed by atoms with Crippen molar-refractivity contribution in [3.8, 4) is 0 Å². The van der Waals surface area contributed by atoms with E-state index in [2.05, 4.69) is 4.94 Å². The number of ketones is 1. The Bertz CT molecular complexity index is 423. The number of carbonyl (C=O) groups excluding carboxylic acids is 1. The van der Waals surface area contributed by atoms with Gasteiger partial charge in [-0.2, -0.15) is 4.94 Å². The Balaban J connectivity index is 2.17. The fraction of sp³-hybridized carbons (Fsp3) is 0.417. The molecular formula is C12H13ClFNO2. The molecule has 0 bridgehead atoms. The largest absolute Gasteiger partial charge is 0.368 e. The van der Waals surface area contributed by atoms with Crippen LogP contribution < -0.4 is 4.90 Å². The summed E-state index contributed by atoms with van der Waals surface area (Å²) in [7, 11) is 0. The third-order valence-corrected chi connectivity index (χ3v) is 3.46. The van der Waals surface area contributed by atoms with Crippen LogP contribution in [0.4, 0.5) is 10.2 Å². The molecule has 17 heavy (non-hydrogen) atoms. The van der Waals surface area contributed by atoms with Crippen molar-refractivity contribution in [2.24, 2.45) is 0 Å². The topological polar surface area (TPSA) is 29.5 Å². The molecule has 1 aromatic carbocycles. The lowest BCUT2D eigenvalue weighted by Gasteiger charge is -2.22. The maximum absolute atomic E-state index is 12.6. The molecule has 5 heteroatoms. The summed E-state index contributed by atoms with van der Waals surface area (Å²) in [5.74, 6) is -0.281. The van der Waals surface area contributed by atoms with Crippen LogP contribution in [0.5, 0.6) is 0 Å². The fourth-order valence-corrected chi connectivity index (χ4v) is 2.18. The average molecular weight is 258 g/mol. The number of anilines is 1. The molecule has 1 aromatic rings. The molecule has 1 unspecified atom stereocenters. The quantitative estimate of drug-likeness (QED) is 0.834. The monoisotopic (exact) mass is 257 g/mol. The Hall–Kier alpha value is -1.13. The third-order valence-electron chi connectivity index (χ3n) is 3.21. The molecule has 1 saturated heterocycles. The van der Waals surface area contributed by atoms with Gasteiger partial charge in [-0.05, 0) is 35.7 Å². The summed E-state index contributed by atoms with van der Waals surface area (Å²) >= 11 is 5.79. The molecule has 0 radical (unpaired) electrons. The van der Waals surface area contributed by atoms with Crippen LogP contribution >= 0.6 is 11.6 Å². The summed E-state index contributed by atoms with van der Waals surface area (Å²) < 4.78 is 12.6. The Morgan fingerprint density at radius 3 is 2.59 bits per heavy atom. The highest BCUT2D eigenvalue weighted by atomic mass is 35.5. The first-order valence-electron chi connectivity index (χ1n) is 5.39. The number of rotatable bonds is 3. The minimum absolute atomic E-state index is 0.237. The van der Waals surface area contributed by atoms with Gasteiger partial charge in [0.1, 0.15) is 0 Å². The first-order valence-corrected chi connectivity index (χ1v) is 5.76. The van der Waals surface area contributed by atoms with Crippen molar-refractivity contribution in [1.29, 1.82) is 0 Å². The third kappa shape index (κ3) is 2.28. The highest BCUT2D eigenvalue weighted by Gasteiger charge is 2.45. The molecule has 1 aliphatic rings. The number of halogens is 2. The van der Waals surface area contributed by atoms with Gasteiger partial charge in [0.25, 0.3) is 0 Å². The predicted molar refractivity (Wildman–Crippen MR) is 63.9 cm³/mol. The maximum atomic E-state index is 12.6. The number of nitrogens with zero attached hydrogens (tertiary/aromatic N) is 1. The van der Waals surface area contributed by atoms with Crippen molar-refractivity contribution in [2.75, 3.05) is 18.0 Å². The van der Waals surface area contributed by atoms with Gasteiger partial charge < -0.3 is 4.90 Å². The van der Waals surface area contributed by atoms with Crippen LogP contribution in [0.15, 0.2) is 24.3 Å². The standard InChI is InChI=1S/C12H13ClFNO2/c1-9(16)12(17-14)6-7-15(8-12)11-4-2-10(13)3-5-11/h2-5H,6-8H2,1H3. The molecule has 0 aliphatic carbocycles. The minimum atomic E-state index is -1.31. The second kappa shape index (κ2) is 4.63. The van der Waals surface area contributed by atoms with Crippen molar-refractivity contribution in [3.05, 3.63) is 29.3 Å². The molecule has 3 nitrogen and oxygen atoms in total. The van der Waals surface area contributed by atoms with Gasteiger partial charge in [0.2, 0.25) is 0 Å². The normalized spacial score (nSPS) is 24.1. The number of Topliss-reactive ketones (excluding diaryl/α,β-unsaturated/α-hetero) is 1. The van der Waals surface area contributed by atoms with E-state index in [0.29, 0.717) is 18.0 Å². The van der Waals surface area contributed by atoms with E-state index in [1.165, 1.54) is 6.92 Å². The van der Waals surface area contributed by atoms with Crippen molar-refractivity contribution >= 4 is 23.1 Å². The molecule has 0 spiro atoms. The Morgan fingerprint density at radius 2 is 2.12 bits per heavy atom. The van der Waals surface area contributed by atoms with Crippen LogP contribution in [-0.2, 0) is 9.74 Å². The van der Waals surface area contributed by atoms with Gasteiger partial charge in [-0.3, -0.25) is 4.79 Å². The van der Waals surface area contributed by atoms with E-state index in [4.69, 9.17) is 11.6 Å². The molecule has 2 rings (SSSR count). The predicted octanol–water partition coefficient (Wildman–Crippen LogP) is 2.78. The van der Waals surface area contributed by atoms with E-state index in [1.54, 1.807) is 12.1 Å². The molecule has 0 saturated carbocycles. The van der Waals surface area contributed by atoms with Gasteiger partial charge in [0, 0.05) is 23.7 Å². The van der Waals surface area contributed by atoms with Crippen molar-refractivity contribution in [1.82, 2.24) is 0 Å². The molecule has 0 N–H and O–H groups in total. The zero-order chi connectivity index (χ0) is 12.5. The van der Waals surface area contributed by atoms with Crippen LogP contribution in [0.25, 0.3) is 0 Å². The molecular weight excluding hydrogens is 245 g/mol. The number of carbonyl (C=O) groups is 1. The van der Waals surface area contributed by atoms with E-state index in [-0.39, 0.29) is 12.3 Å². The molecule has 1 heterocycles. The van der Waals surface area contributed by atoms with Gasteiger partial charge in [-0.15, -0.1) is 0 Å². The first-order chi connectivity index (χ1) is 8.07. The fourth-order valence-electron chi connectivity index (χ4n) is 2.06. The van der Waals surface area contributed by atoms with Crippen LogP contribution in [0.2, 0.25) is 5.02 Å². The van der Waals surface area contributed by atoms with Crippen LogP contribution in [0.1, 0.15) is 13.3 Å². The van der Waals surface area contributed by atoms with Gasteiger partial charge in [-0.1, -0.05) is 11.6 Å². The Morgan fingerprint density at radius 1 is 1.47 bits per heavy atom. The van der Waals surface area contributed by atoms with Crippen molar-refractivity contribution in [3.63, 3.8) is 0 Å². The molecule has 0 amide bonds. The summed E-state index contributed by atoms with van der Waals surface area (Å²) in [6.45, 7) is 2.18. The van der Waals surface area contributed by atoms with E-state index in [9.17, 15) is 9.32 Å². The number of hydrogen-bond acceptors (Lipinski definition) is 3.